The highest BCUT2D eigenvalue weighted by Gasteiger charge is 2.15. The molecule has 0 aliphatic carbocycles. The van der Waals surface area contributed by atoms with Crippen LogP contribution < -0.4 is 10.5 Å². The van der Waals surface area contributed by atoms with Crippen LogP contribution in [0.1, 0.15) is 11.1 Å². The molecule has 0 saturated carbocycles. The van der Waals surface area contributed by atoms with E-state index >= 15 is 0 Å². The van der Waals surface area contributed by atoms with Crippen LogP contribution in [-0.2, 0) is 11.3 Å². The summed E-state index contributed by atoms with van der Waals surface area (Å²) in [6, 6.07) is 13.5. The van der Waals surface area contributed by atoms with Gasteiger partial charge in [-0.3, -0.25) is 0 Å². The normalized spacial score (nSPS) is 10.4. The lowest BCUT2D eigenvalue weighted by Crippen LogP contribution is -2.01. The van der Waals surface area contributed by atoms with E-state index in [1.165, 1.54) is 0 Å². The summed E-state index contributed by atoms with van der Waals surface area (Å²) in [6.07, 6.45) is 1.81. The van der Waals surface area contributed by atoms with Gasteiger partial charge < -0.3 is 20.2 Å². The van der Waals surface area contributed by atoms with Gasteiger partial charge in [0.2, 0.25) is 0 Å². The van der Waals surface area contributed by atoms with Gasteiger partial charge in [-0.25, -0.2) is 4.98 Å². The molecule has 6 heteroatoms. The lowest BCUT2D eigenvalue weighted by atomic mass is 9.97. The van der Waals surface area contributed by atoms with Crippen LogP contribution in [0.4, 0.5) is 5.82 Å². The summed E-state index contributed by atoms with van der Waals surface area (Å²) in [5, 5.41) is 9.53. The first-order valence-corrected chi connectivity index (χ1v) is 7.68. The van der Waals surface area contributed by atoms with Crippen molar-refractivity contribution in [3.63, 3.8) is 0 Å². The number of nitrogen functional groups attached to an aromatic ring is 1. The van der Waals surface area contributed by atoms with Crippen LogP contribution in [-0.4, -0.2) is 24.2 Å². The van der Waals surface area contributed by atoms with Gasteiger partial charge in [0, 0.05) is 24.4 Å². The maximum atomic E-state index is 9.53. The van der Waals surface area contributed by atoms with Crippen molar-refractivity contribution in [1.82, 2.24) is 9.97 Å². The topological polar surface area (TPSA) is 97.0 Å². The molecular formula is C19H18N4O2. The van der Waals surface area contributed by atoms with E-state index < -0.39 is 0 Å². The fourth-order valence-electron chi connectivity index (χ4n) is 2.75. The van der Waals surface area contributed by atoms with Gasteiger partial charge in [-0.05, 0) is 35.9 Å². The molecule has 3 rings (SSSR count). The summed E-state index contributed by atoms with van der Waals surface area (Å²) in [5.41, 5.74) is 10.4. The molecule has 0 aliphatic rings. The van der Waals surface area contributed by atoms with E-state index in [0.717, 1.165) is 28.1 Å². The van der Waals surface area contributed by atoms with E-state index in [0.29, 0.717) is 17.9 Å². The molecule has 0 unspecified atom stereocenters. The van der Waals surface area contributed by atoms with Crippen LogP contribution >= 0.6 is 0 Å². The minimum Gasteiger partial charge on any atom is -0.496 e. The van der Waals surface area contributed by atoms with E-state index in [9.17, 15) is 5.26 Å². The Morgan fingerprint density at radius 1 is 1.24 bits per heavy atom. The lowest BCUT2D eigenvalue weighted by Gasteiger charge is -2.13. The summed E-state index contributed by atoms with van der Waals surface area (Å²) in [4.78, 5) is 7.45. The van der Waals surface area contributed by atoms with Crippen molar-refractivity contribution in [3.05, 3.63) is 53.7 Å². The Morgan fingerprint density at radius 2 is 2.08 bits per heavy atom. The van der Waals surface area contributed by atoms with Gasteiger partial charge in [-0.15, -0.1) is 0 Å². The molecular weight excluding hydrogens is 316 g/mol. The van der Waals surface area contributed by atoms with Crippen molar-refractivity contribution in [3.8, 4) is 34.3 Å². The maximum Gasteiger partial charge on any atom is 0.142 e. The first-order chi connectivity index (χ1) is 12.2. The Hall–Kier alpha value is -3.30. The number of hydrogen-bond acceptors (Lipinski definition) is 5. The molecule has 3 N–H and O–H groups in total. The smallest absolute Gasteiger partial charge is 0.142 e. The highest BCUT2D eigenvalue weighted by molar-refractivity contribution is 5.80. The van der Waals surface area contributed by atoms with Gasteiger partial charge in [-0.2, -0.15) is 5.26 Å². The van der Waals surface area contributed by atoms with Crippen LogP contribution in [0.2, 0.25) is 0 Å². The number of nitrogens with one attached hydrogen (secondary N) is 1. The fourth-order valence-corrected chi connectivity index (χ4v) is 2.75. The number of methoxy groups -OCH3 is 2. The Morgan fingerprint density at radius 3 is 2.72 bits per heavy atom. The summed E-state index contributed by atoms with van der Waals surface area (Å²) >= 11 is 0. The quantitative estimate of drug-likeness (QED) is 0.746. The average molecular weight is 334 g/mol. The molecule has 6 nitrogen and oxygen atoms in total. The predicted octanol–water partition coefficient (Wildman–Crippen LogP) is 3.35. The Balaban J connectivity index is 2.19. The first-order valence-electron chi connectivity index (χ1n) is 7.68. The lowest BCUT2D eigenvalue weighted by molar-refractivity contribution is 0.181. The maximum absolute atomic E-state index is 9.53. The minimum atomic E-state index is 0.203. The van der Waals surface area contributed by atoms with E-state index in [-0.39, 0.29) is 5.82 Å². The van der Waals surface area contributed by atoms with Gasteiger partial charge in [-0.1, -0.05) is 6.07 Å². The monoisotopic (exact) mass is 334 g/mol. The first kappa shape index (κ1) is 16.6. The third-order valence-electron chi connectivity index (χ3n) is 3.92. The highest BCUT2D eigenvalue weighted by Crippen LogP contribution is 2.33. The number of anilines is 1. The van der Waals surface area contributed by atoms with Gasteiger partial charge in [0.05, 0.1) is 25.1 Å². The van der Waals surface area contributed by atoms with Crippen molar-refractivity contribution < 1.29 is 9.47 Å². The second-order valence-electron chi connectivity index (χ2n) is 5.47. The van der Waals surface area contributed by atoms with E-state index in [1.54, 1.807) is 14.2 Å². The molecule has 25 heavy (non-hydrogen) atoms. The van der Waals surface area contributed by atoms with Crippen LogP contribution in [0.3, 0.4) is 0 Å². The number of ether oxygens (including phenoxy) is 2. The zero-order valence-electron chi connectivity index (χ0n) is 14.0. The third-order valence-corrected chi connectivity index (χ3v) is 3.92. The number of rotatable bonds is 5. The molecule has 0 spiro atoms. The molecule has 0 amide bonds. The van der Waals surface area contributed by atoms with Crippen LogP contribution in [0.15, 0.2) is 42.6 Å². The zero-order chi connectivity index (χ0) is 17.8. The molecule has 0 saturated heterocycles. The SMILES string of the molecule is COCc1cc(-c2cc(-c3ccc[nH]3)nc(N)c2C#N)ccc1OC. The number of aromatic amines is 1. The fraction of sp³-hybridized carbons (Fsp3) is 0.158. The van der Waals surface area contributed by atoms with Crippen LogP contribution in [0.5, 0.6) is 5.75 Å². The zero-order valence-corrected chi connectivity index (χ0v) is 14.0. The molecule has 0 aliphatic heterocycles. The molecule has 1 aromatic carbocycles. The molecule has 0 bridgehead atoms. The summed E-state index contributed by atoms with van der Waals surface area (Å²) in [7, 11) is 3.24. The van der Waals surface area contributed by atoms with Crippen molar-refractivity contribution in [1.29, 1.82) is 5.26 Å². The number of H-pyrrole nitrogens is 1. The number of nitriles is 1. The van der Waals surface area contributed by atoms with Crippen molar-refractivity contribution in [2.24, 2.45) is 0 Å². The summed E-state index contributed by atoms with van der Waals surface area (Å²) in [6.45, 7) is 0.406. The number of aromatic nitrogens is 2. The summed E-state index contributed by atoms with van der Waals surface area (Å²) < 4.78 is 10.6. The van der Waals surface area contributed by atoms with Crippen LogP contribution in [0.25, 0.3) is 22.5 Å². The van der Waals surface area contributed by atoms with Crippen molar-refractivity contribution in [2.75, 3.05) is 20.0 Å². The van der Waals surface area contributed by atoms with E-state index in [2.05, 4.69) is 16.0 Å². The largest absolute Gasteiger partial charge is 0.496 e. The molecule has 3 aromatic rings. The van der Waals surface area contributed by atoms with Gasteiger partial charge in [0.1, 0.15) is 23.2 Å². The molecule has 0 radical (unpaired) electrons. The number of benzene rings is 1. The van der Waals surface area contributed by atoms with Gasteiger partial charge in [0.15, 0.2) is 0 Å². The molecule has 126 valence electrons. The second-order valence-corrected chi connectivity index (χ2v) is 5.47. The molecule has 2 heterocycles. The number of hydrogen-bond donors (Lipinski definition) is 2. The number of nitrogens with zero attached hydrogens (tertiary/aromatic N) is 2. The van der Waals surface area contributed by atoms with Gasteiger partial charge >= 0.3 is 0 Å². The van der Waals surface area contributed by atoms with Crippen LogP contribution in [0, 0.1) is 11.3 Å². The number of nitrogens with two attached hydrogens (primary N) is 1. The minimum absolute atomic E-state index is 0.203. The summed E-state index contributed by atoms with van der Waals surface area (Å²) in [5.74, 6) is 0.935. The Bertz CT molecular complexity index is 927. The Labute approximate surface area is 145 Å². The highest BCUT2D eigenvalue weighted by atomic mass is 16.5. The standard InChI is InChI=1S/C19H18N4O2/c1-24-11-13-8-12(5-6-18(13)25-2)14-9-17(16-4-3-7-22-16)23-19(21)15(14)10-20/h3-9,22H,11H2,1-2H3,(H2,21,23). The second kappa shape index (κ2) is 7.07. The van der Waals surface area contributed by atoms with Crippen molar-refractivity contribution in [2.45, 2.75) is 6.61 Å². The molecule has 2 aromatic heterocycles. The predicted molar refractivity (Wildman–Crippen MR) is 95.9 cm³/mol. The third kappa shape index (κ3) is 3.18. The van der Waals surface area contributed by atoms with E-state index in [4.69, 9.17) is 15.2 Å². The van der Waals surface area contributed by atoms with E-state index in [1.807, 2.05) is 42.6 Å². The number of pyridine rings is 1. The van der Waals surface area contributed by atoms with Gasteiger partial charge in [0.25, 0.3) is 0 Å². The molecule has 0 fully saturated rings. The Kier molecular flexibility index (Phi) is 4.68. The van der Waals surface area contributed by atoms with Crippen molar-refractivity contribution >= 4 is 5.82 Å². The molecule has 0 atom stereocenters. The average Bonchev–Trinajstić information content (AvgIpc) is 3.16.